The number of pyridine rings is 1. The normalized spacial score (nSPS) is 11.3. The lowest BCUT2D eigenvalue weighted by Crippen LogP contribution is -1.99. The summed E-state index contributed by atoms with van der Waals surface area (Å²) < 4.78 is 9.47. The molecule has 0 bridgehead atoms. The van der Waals surface area contributed by atoms with E-state index in [0.717, 1.165) is 22.2 Å². The molecule has 0 atom stereocenters. The molecule has 0 aliphatic heterocycles. The number of benzene rings is 1. The zero-order valence-corrected chi connectivity index (χ0v) is 16.1. The Morgan fingerprint density at radius 2 is 1.86 bits per heavy atom. The van der Waals surface area contributed by atoms with Gasteiger partial charge in [0.15, 0.2) is 10.9 Å². The maximum atomic E-state index is 6.06. The highest BCUT2D eigenvalue weighted by Crippen LogP contribution is 2.29. The van der Waals surface area contributed by atoms with Gasteiger partial charge in [0.05, 0.1) is 17.0 Å². The minimum atomic E-state index is 0.655. The van der Waals surface area contributed by atoms with Gasteiger partial charge in [-0.3, -0.25) is 4.57 Å². The number of aromatic nitrogens is 5. The van der Waals surface area contributed by atoms with Crippen LogP contribution in [0.25, 0.3) is 22.9 Å². The molecule has 0 saturated carbocycles. The van der Waals surface area contributed by atoms with E-state index in [-0.39, 0.29) is 0 Å². The molecule has 0 aliphatic carbocycles. The number of hydrogen-bond acceptors (Lipinski definition) is 5. The predicted molar refractivity (Wildman–Crippen MR) is 109 cm³/mol. The molecule has 5 rings (SSSR count). The van der Waals surface area contributed by atoms with Crippen LogP contribution in [0.1, 0.15) is 5.69 Å². The number of rotatable bonds is 5. The number of hydrogen-bond donors (Lipinski definition) is 0. The molecule has 1 aromatic carbocycles. The van der Waals surface area contributed by atoms with Crippen molar-refractivity contribution in [2.24, 2.45) is 0 Å². The van der Waals surface area contributed by atoms with Crippen LogP contribution >= 0.6 is 23.4 Å². The average Bonchev–Trinajstić information content (AvgIpc) is 3.45. The zero-order chi connectivity index (χ0) is 18.9. The largest absolute Gasteiger partial charge is 0.461 e. The van der Waals surface area contributed by atoms with E-state index in [1.807, 2.05) is 76.0 Å². The van der Waals surface area contributed by atoms with Crippen molar-refractivity contribution in [1.82, 2.24) is 24.1 Å². The van der Waals surface area contributed by atoms with Crippen molar-refractivity contribution in [2.45, 2.75) is 10.9 Å². The second-order valence-corrected chi connectivity index (χ2v) is 7.47. The van der Waals surface area contributed by atoms with Crippen LogP contribution in [-0.4, -0.2) is 24.1 Å². The van der Waals surface area contributed by atoms with Crippen LogP contribution in [0.5, 0.6) is 0 Å². The van der Waals surface area contributed by atoms with Crippen molar-refractivity contribution in [3.05, 3.63) is 84.0 Å². The van der Waals surface area contributed by atoms with Crippen LogP contribution in [-0.2, 0) is 5.75 Å². The third-order valence-electron chi connectivity index (χ3n) is 4.20. The van der Waals surface area contributed by atoms with Gasteiger partial charge in [0, 0.05) is 23.8 Å². The van der Waals surface area contributed by atoms with Crippen molar-refractivity contribution < 1.29 is 4.42 Å². The van der Waals surface area contributed by atoms with Crippen molar-refractivity contribution in [2.75, 3.05) is 0 Å². The Kier molecular flexibility index (Phi) is 4.38. The highest BCUT2D eigenvalue weighted by atomic mass is 35.5. The lowest BCUT2D eigenvalue weighted by Gasteiger charge is -2.08. The highest BCUT2D eigenvalue weighted by molar-refractivity contribution is 7.98. The first-order chi connectivity index (χ1) is 13.8. The molecule has 4 aromatic heterocycles. The number of nitrogens with zero attached hydrogens (tertiary/aromatic N) is 5. The van der Waals surface area contributed by atoms with Crippen LogP contribution < -0.4 is 0 Å². The molecule has 8 heteroatoms. The minimum absolute atomic E-state index is 0.655. The molecule has 0 radical (unpaired) electrons. The van der Waals surface area contributed by atoms with E-state index in [2.05, 4.69) is 15.2 Å². The van der Waals surface area contributed by atoms with Gasteiger partial charge in [0.25, 0.3) is 0 Å². The van der Waals surface area contributed by atoms with Crippen LogP contribution in [0.2, 0.25) is 5.02 Å². The molecule has 138 valence electrons. The molecule has 5 aromatic rings. The summed E-state index contributed by atoms with van der Waals surface area (Å²) in [6, 6.07) is 17.5. The number of fused-ring (bicyclic) bond motifs is 1. The Balaban J connectivity index is 1.49. The first-order valence-corrected chi connectivity index (χ1v) is 9.95. The lowest BCUT2D eigenvalue weighted by molar-refractivity contribution is 0.575. The number of imidazole rings is 1. The van der Waals surface area contributed by atoms with E-state index in [1.165, 1.54) is 0 Å². The van der Waals surface area contributed by atoms with Crippen molar-refractivity contribution in [1.29, 1.82) is 0 Å². The second kappa shape index (κ2) is 7.18. The third kappa shape index (κ3) is 3.19. The van der Waals surface area contributed by atoms with Gasteiger partial charge >= 0.3 is 0 Å². The van der Waals surface area contributed by atoms with E-state index in [1.54, 1.807) is 18.0 Å². The molecule has 6 nitrogen and oxygen atoms in total. The minimum Gasteiger partial charge on any atom is -0.461 e. The zero-order valence-electron chi connectivity index (χ0n) is 14.6. The molecule has 0 unspecified atom stereocenters. The summed E-state index contributed by atoms with van der Waals surface area (Å²) in [6.45, 7) is 0. The monoisotopic (exact) mass is 407 g/mol. The van der Waals surface area contributed by atoms with Gasteiger partial charge in [0.2, 0.25) is 5.82 Å². The molecule has 0 N–H and O–H groups in total. The molecule has 28 heavy (non-hydrogen) atoms. The Hall–Kier alpha value is -3.03. The quantitative estimate of drug-likeness (QED) is 0.378. The van der Waals surface area contributed by atoms with Crippen LogP contribution in [0.15, 0.2) is 82.8 Å². The van der Waals surface area contributed by atoms with Gasteiger partial charge in [-0.2, -0.15) is 0 Å². The maximum absolute atomic E-state index is 6.06. The van der Waals surface area contributed by atoms with Crippen molar-refractivity contribution >= 4 is 29.0 Å². The number of halogens is 1. The Morgan fingerprint density at radius 3 is 2.68 bits per heavy atom. The summed E-state index contributed by atoms with van der Waals surface area (Å²) in [7, 11) is 0. The second-order valence-electron chi connectivity index (χ2n) is 6.09. The number of furan rings is 1. The van der Waals surface area contributed by atoms with Gasteiger partial charge in [-0.25, -0.2) is 4.98 Å². The van der Waals surface area contributed by atoms with Crippen molar-refractivity contribution in [3.8, 4) is 17.3 Å². The Morgan fingerprint density at radius 1 is 0.964 bits per heavy atom. The predicted octanol–water partition coefficient (Wildman–Crippen LogP) is 5.12. The summed E-state index contributed by atoms with van der Waals surface area (Å²) in [5, 5.41) is 10.2. The van der Waals surface area contributed by atoms with E-state index in [4.69, 9.17) is 16.0 Å². The Labute approximate surface area is 169 Å². The lowest BCUT2D eigenvalue weighted by atomic mass is 10.3. The maximum Gasteiger partial charge on any atom is 0.205 e. The van der Waals surface area contributed by atoms with Gasteiger partial charge in [0.1, 0.15) is 5.65 Å². The van der Waals surface area contributed by atoms with Crippen molar-refractivity contribution in [3.63, 3.8) is 0 Å². The summed E-state index contributed by atoms with van der Waals surface area (Å²) >= 11 is 7.63. The SMILES string of the molecule is Clc1ccc2nc(CSc3nnc(-c4ccco4)n3-c3ccccc3)cn2c1. The fourth-order valence-electron chi connectivity index (χ4n) is 2.96. The average molecular weight is 408 g/mol. The summed E-state index contributed by atoms with van der Waals surface area (Å²) in [5.74, 6) is 1.99. The fourth-order valence-corrected chi connectivity index (χ4v) is 3.97. The summed E-state index contributed by atoms with van der Waals surface area (Å²) in [6.07, 6.45) is 5.46. The summed E-state index contributed by atoms with van der Waals surface area (Å²) in [5.41, 5.74) is 2.78. The third-order valence-corrected chi connectivity index (χ3v) is 5.39. The van der Waals surface area contributed by atoms with Gasteiger partial charge in [-0.05, 0) is 36.4 Å². The molecule has 0 amide bonds. The number of para-hydroxylation sites is 1. The van der Waals surface area contributed by atoms with Gasteiger partial charge in [-0.15, -0.1) is 10.2 Å². The molecular weight excluding hydrogens is 394 g/mol. The molecule has 0 saturated heterocycles. The Bertz CT molecular complexity index is 1230. The van der Waals surface area contributed by atoms with E-state index in [9.17, 15) is 0 Å². The summed E-state index contributed by atoms with van der Waals surface area (Å²) in [4.78, 5) is 4.64. The first kappa shape index (κ1) is 17.1. The standard InChI is InChI=1S/C20H14ClN5OS/c21-14-8-9-18-22-15(12-25(18)11-14)13-28-20-24-23-19(17-7-4-10-27-17)26(20)16-5-2-1-3-6-16/h1-12H,13H2. The highest BCUT2D eigenvalue weighted by Gasteiger charge is 2.18. The first-order valence-electron chi connectivity index (χ1n) is 8.58. The molecular formula is C20H14ClN5OS. The molecule has 4 heterocycles. The van der Waals surface area contributed by atoms with E-state index >= 15 is 0 Å². The smallest absolute Gasteiger partial charge is 0.205 e. The van der Waals surface area contributed by atoms with Crippen LogP contribution in [0.3, 0.4) is 0 Å². The van der Waals surface area contributed by atoms with Crippen LogP contribution in [0, 0.1) is 0 Å². The molecule has 0 fully saturated rings. The molecule has 0 spiro atoms. The fraction of sp³-hybridized carbons (Fsp3) is 0.0500. The molecule has 0 aliphatic rings. The number of thioether (sulfide) groups is 1. The van der Waals surface area contributed by atoms with Crippen LogP contribution in [0.4, 0.5) is 0 Å². The van der Waals surface area contributed by atoms with Gasteiger partial charge < -0.3 is 8.82 Å². The van der Waals surface area contributed by atoms with E-state index in [0.29, 0.717) is 22.4 Å². The van der Waals surface area contributed by atoms with Gasteiger partial charge in [-0.1, -0.05) is 41.6 Å². The topological polar surface area (TPSA) is 61.2 Å². The van der Waals surface area contributed by atoms with E-state index < -0.39 is 0 Å².